The van der Waals surface area contributed by atoms with Gasteiger partial charge in [-0.3, -0.25) is 4.79 Å². The number of carbonyl (C=O) groups excluding carboxylic acids is 1. The molecule has 28 heavy (non-hydrogen) atoms. The number of hydrogen-bond acceptors (Lipinski definition) is 5. The molecular formula is C21H27FN4O2. The molecule has 1 unspecified atom stereocenters. The number of amides is 1. The van der Waals surface area contributed by atoms with Gasteiger partial charge in [0.15, 0.2) is 0 Å². The highest BCUT2D eigenvalue weighted by Crippen LogP contribution is 2.34. The average Bonchev–Trinajstić information content (AvgIpc) is 3.15. The summed E-state index contributed by atoms with van der Waals surface area (Å²) in [4.78, 5) is 25.2. The summed E-state index contributed by atoms with van der Waals surface area (Å²) in [5.74, 6) is 0.366. The van der Waals surface area contributed by atoms with Gasteiger partial charge in [0.05, 0.1) is 11.8 Å². The smallest absolute Gasteiger partial charge is 0.248 e. The first-order valence-electron chi connectivity index (χ1n) is 9.54. The van der Waals surface area contributed by atoms with Crippen LogP contribution in [0, 0.1) is 5.82 Å². The Morgan fingerprint density at radius 2 is 2.18 bits per heavy atom. The molecule has 6 nitrogen and oxygen atoms in total. The molecule has 0 N–H and O–H groups in total. The van der Waals surface area contributed by atoms with Gasteiger partial charge in [0, 0.05) is 44.9 Å². The van der Waals surface area contributed by atoms with Gasteiger partial charge in [-0.1, -0.05) is 12.1 Å². The Labute approximate surface area is 165 Å². The minimum Gasteiger partial charge on any atom is -0.369 e. The third-order valence-electron chi connectivity index (χ3n) is 4.81. The van der Waals surface area contributed by atoms with E-state index in [0.717, 1.165) is 23.2 Å². The number of benzene rings is 1. The van der Waals surface area contributed by atoms with Gasteiger partial charge < -0.3 is 14.5 Å². The fourth-order valence-electron chi connectivity index (χ4n) is 3.33. The number of aromatic nitrogens is 2. The molecule has 0 aliphatic carbocycles. The molecule has 1 atom stereocenters. The van der Waals surface area contributed by atoms with E-state index in [-0.39, 0.29) is 30.4 Å². The zero-order chi connectivity index (χ0) is 20.3. The standard InChI is InChI=1S/C21H27FN4O2/c1-14(2)28-13-19(27)26-9-8-16(12-26)20-18(11-23-21(24-20)25(3)4)15-6-5-7-17(22)10-15/h5-7,10-11,14,16H,8-9,12-13H2,1-4H3. The molecule has 0 spiro atoms. The fourth-order valence-corrected chi connectivity index (χ4v) is 3.33. The zero-order valence-electron chi connectivity index (χ0n) is 16.9. The minimum atomic E-state index is -0.297. The Kier molecular flexibility index (Phi) is 6.24. The van der Waals surface area contributed by atoms with Crippen molar-refractivity contribution in [2.45, 2.75) is 32.3 Å². The number of likely N-dealkylation sites (tertiary alicyclic amines) is 1. The van der Waals surface area contributed by atoms with E-state index in [1.54, 1.807) is 12.3 Å². The second-order valence-corrected chi connectivity index (χ2v) is 7.56. The van der Waals surface area contributed by atoms with Crippen LogP contribution in [0.25, 0.3) is 11.1 Å². The van der Waals surface area contributed by atoms with Crippen molar-refractivity contribution in [1.29, 1.82) is 0 Å². The summed E-state index contributed by atoms with van der Waals surface area (Å²) in [5, 5.41) is 0. The maximum absolute atomic E-state index is 13.8. The van der Waals surface area contributed by atoms with Gasteiger partial charge >= 0.3 is 0 Å². The number of rotatable bonds is 6. The van der Waals surface area contributed by atoms with Crippen LogP contribution in [0.5, 0.6) is 0 Å². The van der Waals surface area contributed by atoms with Crippen molar-refractivity contribution in [1.82, 2.24) is 14.9 Å². The van der Waals surface area contributed by atoms with E-state index in [1.807, 2.05) is 43.8 Å². The summed E-state index contributed by atoms with van der Waals surface area (Å²) < 4.78 is 19.2. The van der Waals surface area contributed by atoms with Gasteiger partial charge in [-0.25, -0.2) is 14.4 Å². The van der Waals surface area contributed by atoms with E-state index in [0.29, 0.717) is 19.0 Å². The summed E-state index contributed by atoms with van der Waals surface area (Å²) in [6.45, 7) is 5.15. The van der Waals surface area contributed by atoms with Crippen LogP contribution in [0.15, 0.2) is 30.5 Å². The molecule has 1 aliphatic heterocycles. The summed E-state index contributed by atoms with van der Waals surface area (Å²) in [6, 6.07) is 6.45. The first-order valence-corrected chi connectivity index (χ1v) is 9.54. The SMILES string of the molecule is CC(C)OCC(=O)N1CCC(c2nc(N(C)C)ncc2-c2cccc(F)c2)C1. The molecule has 0 radical (unpaired) electrons. The summed E-state index contributed by atoms with van der Waals surface area (Å²) in [7, 11) is 3.77. The van der Waals surface area contributed by atoms with Gasteiger partial charge in [0.2, 0.25) is 11.9 Å². The van der Waals surface area contributed by atoms with Crippen molar-refractivity contribution in [3.63, 3.8) is 0 Å². The van der Waals surface area contributed by atoms with Gasteiger partial charge in [-0.2, -0.15) is 0 Å². The lowest BCUT2D eigenvalue weighted by molar-refractivity contribution is -0.136. The second kappa shape index (κ2) is 8.65. The van der Waals surface area contributed by atoms with Crippen LogP contribution < -0.4 is 4.90 Å². The lowest BCUT2D eigenvalue weighted by atomic mass is 9.96. The maximum Gasteiger partial charge on any atom is 0.248 e. The monoisotopic (exact) mass is 386 g/mol. The first kappa shape index (κ1) is 20.2. The quantitative estimate of drug-likeness (QED) is 0.764. The van der Waals surface area contributed by atoms with Crippen LogP contribution >= 0.6 is 0 Å². The number of nitrogens with zero attached hydrogens (tertiary/aromatic N) is 4. The summed E-state index contributed by atoms with van der Waals surface area (Å²) in [6.07, 6.45) is 2.57. The van der Waals surface area contributed by atoms with Crippen molar-refractivity contribution >= 4 is 11.9 Å². The molecule has 0 bridgehead atoms. The van der Waals surface area contributed by atoms with E-state index < -0.39 is 0 Å². The second-order valence-electron chi connectivity index (χ2n) is 7.56. The molecule has 2 aromatic rings. The van der Waals surface area contributed by atoms with Gasteiger partial charge in [-0.05, 0) is 38.0 Å². The molecule has 3 rings (SSSR count). The van der Waals surface area contributed by atoms with Crippen LogP contribution in [0.3, 0.4) is 0 Å². The molecule has 0 saturated carbocycles. The van der Waals surface area contributed by atoms with Crippen LogP contribution in [-0.2, 0) is 9.53 Å². The van der Waals surface area contributed by atoms with E-state index in [9.17, 15) is 9.18 Å². The largest absolute Gasteiger partial charge is 0.369 e. The highest BCUT2D eigenvalue weighted by Gasteiger charge is 2.30. The minimum absolute atomic E-state index is 0.00889. The normalized spacial score (nSPS) is 16.6. The molecule has 150 valence electrons. The number of halogens is 1. The van der Waals surface area contributed by atoms with Crippen molar-refractivity contribution in [3.8, 4) is 11.1 Å². The van der Waals surface area contributed by atoms with E-state index in [1.165, 1.54) is 12.1 Å². The number of carbonyl (C=O) groups is 1. The topological polar surface area (TPSA) is 58.6 Å². The third kappa shape index (κ3) is 4.65. The Bertz CT molecular complexity index is 841. The number of ether oxygens (including phenoxy) is 1. The Morgan fingerprint density at radius 3 is 2.86 bits per heavy atom. The van der Waals surface area contributed by atoms with Crippen molar-refractivity contribution < 1.29 is 13.9 Å². The zero-order valence-corrected chi connectivity index (χ0v) is 16.9. The van der Waals surface area contributed by atoms with Crippen LogP contribution in [0.2, 0.25) is 0 Å². The number of anilines is 1. The van der Waals surface area contributed by atoms with E-state index in [4.69, 9.17) is 9.72 Å². The van der Waals surface area contributed by atoms with Crippen LogP contribution in [0.1, 0.15) is 31.9 Å². The molecular weight excluding hydrogens is 359 g/mol. The van der Waals surface area contributed by atoms with Crippen LogP contribution in [-0.4, -0.2) is 60.7 Å². The van der Waals surface area contributed by atoms with Crippen molar-refractivity contribution in [2.24, 2.45) is 0 Å². The Balaban J connectivity index is 1.87. The lowest BCUT2D eigenvalue weighted by Gasteiger charge is -2.20. The molecule has 1 aliphatic rings. The average molecular weight is 386 g/mol. The predicted octanol–water partition coefficient (Wildman–Crippen LogP) is 3.09. The maximum atomic E-state index is 13.8. The van der Waals surface area contributed by atoms with Crippen LogP contribution in [0.4, 0.5) is 10.3 Å². The molecule has 2 heterocycles. The molecule has 1 aromatic carbocycles. The molecule has 1 saturated heterocycles. The third-order valence-corrected chi connectivity index (χ3v) is 4.81. The van der Waals surface area contributed by atoms with Gasteiger partial charge in [0.25, 0.3) is 0 Å². The summed E-state index contributed by atoms with van der Waals surface area (Å²) in [5.41, 5.74) is 2.40. The molecule has 7 heteroatoms. The van der Waals surface area contributed by atoms with E-state index >= 15 is 0 Å². The molecule has 1 aromatic heterocycles. The highest BCUT2D eigenvalue weighted by molar-refractivity contribution is 5.78. The predicted molar refractivity (Wildman–Crippen MR) is 107 cm³/mol. The Morgan fingerprint density at radius 1 is 1.39 bits per heavy atom. The van der Waals surface area contributed by atoms with Gasteiger partial charge in [0.1, 0.15) is 12.4 Å². The van der Waals surface area contributed by atoms with Gasteiger partial charge in [-0.15, -0.1) is 0 Å². The number of hydrogen-bond donors (Lipinski definition) is 0. The molecule has 1 fully saturated rings. The highest BCUT2D eigenvalue weighted by atomic mass is 19.1. The fraction of sp³-hybridized carbons (Fsp3) is 0.476. The first-order chi connectivity index (χ1) is 13.3. The molecule has 1 amide bonds. The van der Waals surface area contributed by atoms with Crippen molar-refractivity contribution in [3.05, 3.63) is 42.0 Å². The van der Waals surface area contributed by atoms with Crippen molar-refractivity contribution in [2.75, 3.05) is 38.7 Å². The van der Waals surface area contributed by atoms with E-state index in [2.05, 4.69) is 4.98 Å². The summed E-state index contributed by atoms with van der Waals surface area (Å²) >= 11 is 0. The lowest BCUT2D eigenvalue weighted by Crippen LogP contribution is -2.32. The Hall–Kier alpha value is -2.54.